The van der Waals surface area contributed by atoms with Gasteiger partial charge < -0.3 is 15.4 Å². The molecule has 1 saturated carbocycles. The molecule has 1 aliphatic carbocycles. The third-order valence-corrected chi connectivity index (χ3v) is 5.10. The summed E-state index contributed by atoms with van der Waals surface area (Å²) in [6, 6.07) is 8.74. The molecule has 1 spiro atoms. The van der Waals surface area contributed by atoms with Gasteiger partial charge in [0, 0.05) is 18.3 Å². The third kappa shape index (κ3) is 3.62. The zero-order valence-corrected chi connectivity index (χ0v) is 14.4. The average molecular weight is 316 g/mol. The summed E-state index contributed by atoms with van der Waals surface area (Å²) in [7, 11) is 0. The molecule has 0 bridgehead atoms. The number of benzene rings is 1. The predicted octanol–water partition coefficient (Wildman–Crippen LogP) is 4.11. The number of anilines is 1. The second kappa shape index (κ2) is 6.06. The number of ether oxygens (including phenoxy) is 1. The summed E-state index contributed by atoms with van der Waals surface area (Å²) in [5, 5.41) is 6.71. The first-order valence-corrected chi connectivity index (χ1v) is 8.69. The maximum absolute atomic E-state index is 12.2. The standard InChI is InChI=1S/C19H28N2O2/c1-18(2,3)23-17(22)21-16-9-6-10-19(16)11-12-20-15-8-5-4-7-14(15)13-19/h4-5,7-8,16,20H,6,9-13H2,1-3H3,(H,21,22). The second-order valence-electron chi connectivity index (χ2n) is 7.96. The summed E-state index contributed by atoms with van der Waals surface area (Å²) in [4.78, 5) is 12.2. The van der Waals surface area contributed by atoms with Gasteiger partial charge in [0.2, 0.25) is 0 Å². The Labute approximate surface area is 139 Å². The van der Waals surface area contributed by atoms with E-state index in [9.17, 15) is 4.79 Å². The van der Waals surface area contributed by atoms with Crippen LogP contribution >= 0.6 is 0 Å². The van der Waals surface area contributed by atoms with E-state index in [2.05, 4.69) is 34.9 Å². The van der Waals surface area contributed by atoms with Crippen LogP contribution in [0, 0.1) is 5.41 Å². The number of carbonyl (C=O) groups excluding carboxylic acids is 1. The first-order valence-electron chi connectivity index (χ1n) is 8.69. The van der Waals surface area contributed by atoms with Crippen molar-refractivity contribution in [3.8, 4) is 0 Å². The fraction of sp³-hybridized carbons (Fsp3) is 0.632. The number of hydrogen-bond acceptors (Lipinski definition) is 3. The molecule has 4 heteroatoms. The van der Waals surface area contributed by atoms with E-state index in [0.717, 1.165) is 25.8 Å². The summed E-state index contributed by atoms with van der Waals surface area (Å²) in [6.07, 6.45) is 5.21. The lowest BCUT2D eigenvalue weighted by molar-refractivity contribution is 0.0455. The molecule has 4 nitrogen and oxygen atoms in total. The van der Waals surface area contributed by atoms with Gasteiger partial charge in [-0.2, -0.15) is 0 Å². The SMILES string of the molecule is CC(C)(C)OC(=O)NC1CCCC12CCNc1ccccc1C2. The van der Waals surface area contributed by atoms with Crippen LogP contribution < -0.4 is 10.6 Å². The van der Waals surface area contributed by atoms with Crippen molar-refractivity contribution in [2.24, 2.45) is 5.41 Å². The topological polar surface area (TPSA) is 50.4 Å². The molecule has 1 heterocycles. The molecular weight excluding hydrogens is 288 g/mol. The fourth-order valence-electron chi connectivity index (χ4n) is 4.09. The minimum Gasteiger partial charge on any atom is -0.444 e. The van der Waals surface area contributed by atoms with Crippen LogP contribution in [0.5, 0.6) is 0 Å². The van der Waals surface area contributed by atoms with E-state index in [1.54, 1.807) is 0 Å². The number of carbonyl (C=O) groups is 1. The number of nitrogens with one attached hydrogen (secondary N) is 2. The molecule has 1 amide bonds. The van der Waals surface area contributed by atoms with Crippen LogP contribution in [0.1, 0.15) is 52.0 Å². The lowest BCUT2D eigenvalue weighted by atomic mass is 9.75. The van der Waals surface area contributed by atoms with Crippen LogP contribution in [-0.2, 0) is 11.2 Å². The van der Waals surface area contributed by atoms with Crippen molar-refractivity contribution in [2.75, 3.05) is 11.9 Å². The van der Waals surface area contributed by atoms with Gasteiger partial charge in [-0.05, 0) is 63.5 Å². The monoisotopic (exact) mass is 316 g/mol. The van der Waals surface area contributed by atoms with Crippen LogP contribution in [0.3, 0.4) is 0 Å². The molecule has 2 atom stereocenters. The Morgan fingerprint density at radius 1 is 1.30 bits per heavy atom. The van der Waals surface area contributed by atoms with Gasteiger partial charge >= 0.3 is 6.09 Å². The van der Waals surface area contributed by atoms with Gasteiger partial charge in [0.25, 0.3) is 0 Å². The van der Waals surface area contributed by atoms with Crippen molar-refractivity contribution in [1.82, 2.24) is 5.32 Å². The van der Waals surface area contributed by atoms with Gasteiger partial charge in [0.1, 0.15) is 5.60 Å². The van der Waals surface area contributed by atoms with Gasteiger partial charge in [-0.3, -0.25) is 0 Å². The number of alkyl carbamates (subject to hydrolysis) is 1. The highest BCUT2D eigenvalue weighted by Gasteiger charge is 2.44. The van der Waals surface area contributed by atoms with Crippen molar-refractivity contribution < 1.29 is 9.53 Å². The highest BCUT2D eigenvalue weighted by atomic mass is 16.6. The second-order valence-corrected chi connectivity index (χ2v) is 7.96. The van der Waals surface area contributed by atoms with Crippen molar-refractivity contribution in [3.63, 3.8) is 0 Å². The zero-order chi connectivity index (χ0) is 16.5. The van der Waals surface area contributed by atoms with Gasteiger partial charge in [0.05, 0.1) is 0 Å². The predicted molar refractivity (Wildman–Crippen MR) is 92.7 cm³/mol. The molecule has 1 aliphatic heterocycles. The molecule has 2 unspecified atom stereocenters. The lowest BCUT2D eigenvalue weighted by Gasteiger charge is -2.35. The average Bonchev–Trinajstić information content (AvgIpc) is 2.71. The van der Waals surface area contributed by atoms with Crippen LogP contribution in [0.2, 0.25) is 0 Å². The van der Waals surface area contributed by atoms with E-state index in [1.807, 2.05) is 20.8 Å². The number of fused-ring (bicyclic) bond motifs is 1. The van der Waals surface area contributed by atoms with Gasteiger partial charge in [0.15, 0.2) is 0 Å². The maximum Gasteiger partial charge on any atom is 0.407 e. The van der Waals surface area contributed by atoms with Crippen molar-refractivity contribution in [2.45, 2.75) is 64.5 Å². The zero-order valence-electron chi connectivity index (χ0n) is 14.4. The summed E-state index contributed by atoms with van der Waals surface area (Å²) in [5.41, 5.74) is 2.31. The number of rotatable bonds is 1. The van der Waals surface area contributed by atoms with Crippen molar-refractivity contribution >= 4 is 11.8 Å². The Balaban J connectivity index is 1.76. The van der Waals surface area contributed by atoms with E-state index < -0.39 is 5.60 Å². The molecule has 2 aliphatic rings. The summed E-state index contributed by atoms with van der Waals surface area (Å²) < 4.78 is 5.47. The number of para-hydroxylation sites is 1. The van der Waals surface area contributed by atoms with Crippen molar-refractivity contribution in [3.05, 3.63) is 29.8 Å². The molecule has 0 radical (unpaired) electrons. The Hall–Kier alpha value is -1.71. The van der Waals surface area contributed by atoms with E-state index in [-0.39, 0.29) is 17.6 Å². The molecular formula is C19H28N2O2. The van der Waals surface area contributed by atoms with E-state index in [4.69, 9.17) is 4.74 Å². The van der Waals surface area contributed by atoms with Gasteiger partial charge in [-0.15, -0.1) is 0 Å². The minimum atomic E-state index is -0.451. The van der Waals surface area contributed by atoms with Crippen molar-refractivity contribution in [1.29, 1.82) is 0 Å². The van der Waals surface area contributed by atoms with Crippen LogP contribution in [-0.4, -0.2) is 24.3 Å². The van der Waals surface area contributed by atoms with Crippen LogP contribution in [0.25, 0.3) is 0 Å². The van der Waals surface area contributed by atoms with E-state index >= 15 is 0 Å². The van der Waals surface area contributed by atoms with Crippen LogP contribution in [0.4, 0.5) is 10.5 Å². The molecule has 0 aromatic heterocycles. The molecule has 1 aromatic rings. The first-order chi connectivity index (χ1) is 10.9. The third-order valence-electron chi connectivity index (χ3n) is 5.10. The highest BCUT2D eigenvalue weighted by molar-refractivity contribution is 5.68. The Kier molecular flexibility index (Phi) is 4.26. The normalized spacial score (nSPS) is 27.0. The largest absolute Gasteiger partial charge is 0.444 e. The van der Waals surface area contributed by atoms with Crippen LogP contribution in [0.15, 0.2) is 24.3 Å². The molecule has 1 fully saturated rings. The number of amides is 1. The quantitative estimate of drug-likeness (QED) is 0.820. The Morgan fingerprint density at radius 2 is 2.09 bits per heavy atom. The molecule has 0 saturated heterocycles. The molecule has 1 aromatic carbocycles. The highest BCUT2D eigenvalue weighted by Crippen LogP contribution is 2.46. The molecule has 126 valence electrons. The fourth-order valence-corrected chi connectivity index (χ4v) is 4.09. The van der Waals surface area contributed by atoms with Gasteiger partial charge in [-0.25, -0.2) is 4.79 Å². The molecule has 23 heavy (non-hydrogen) atoms. The summed E-state index contributed by atoms with van der Waals surface area (Å²) in [6.45, 7) is 6.68. The lowest BCUT2D eigenvalue weighted by Crippen LogP contribution is -2.47. The number of hydrogen-bond donors (Lipinski definition) is 2. The summed E-state index contributed by atoms with van der Waals surface area (Å²) >= 11 is 0. The Morgan fingerprint density at radius 3 is 2.87 bits per heavy atom. The first kappa shape index (κ1) is 16.2. The van der Waals surface area contributed by atoms with Gasteiger partial charge in [-0.1, -0.05) is 24.6 Å². The maximum atomic E-state index is 12.2. The minimum absolute atomic E-state index is 0.149. The van der Waals surface area contributed by atoms with E-state index in [0.29, 0.717) is 0 Å². The molecule has 2 N–H and O–H groups in total. The summed E-state index contributed by atoms with van der Waals surface area (Å²) in [5.74, 6) is 0. The smallest absolute Gasteiger partial charge is 0.407 e. The molecule has 3 rings (SSSR count). The van der Waals surface area contributed by atoms with E-state index in [1.165, 1.54) is 24.1 Å². The Bertz CT molecular complexity index is 579.